The van der Waals surface area contributed by atoms with Gasteiger partial charge < -0.3 is 5.32 Å². The van der Waals surface area contributed by atoms with Crippen LogP contribution in [-0.4, -0.2) is 20.7 Å². The van der Waals surface area contributed by atoms with Gasteiger partial charge in [-0.25, -0.2) is 9.67 Å². The van der Waals surface area contributed by atoms with Crippen LogP contribution in [0.25, 0.3) is 16.7 Å². The molecule has 2 heterocycles. The van der Waals surface area contributed by atoms with Gasteiger partial charge in [0.05, 0.1) is 22.3 Å². The van der Waals surface area contributed by atoms with Crippen LogP contribution in [0.4, 0.5) is 5.69 Å². The highest BCUT2D eigenvalue weighted by Gasteiger charge is 2.20. The van der Waals surface area contributed by atoms with E-state index in [0.29, 0.717) is 11.2 Å². The second kappa shape index (κ2) is 7.75. The molecule has 0 aliphatic heterocycles. The van der Waals surface area contributed by atoms with E-state index in [1.54, 1.807) is 0 Å². The van der Waals surface area contributed by atoms with E-state index in [0.717, 1.165) is 45.7 Å². The number of nitrogens with one attached hydrogen (secondary N) is 1. The fourth-order valence-electron chi connectivity index (χ4n) is 3.84. The first kappa shape index (κ1) is 19.8. The van der Waals surface area contributed by atoms with E-state index >= 15 is 0 Å². The van der Waals surface area contributed by atoms with Crippen LogP contribution in [-0.2, 0) is 6.42 Å². The molecule has 0 saturated heterocycles. The molecule has 152 valence electrons. The molecule has 2 aromatic carbocycles. The fourth-order valence-corrected chi connectivity index (χ4v) is 3.84. The molecule has 5 heteroatoms. The van der Waals surface area contributed by atoms with Crippen molar-refractivity contribution in [3.05, 3.63) is 82.2 Å². The molecule has 0 spiro atoms. The van der Waals surface area contributed by atoms with Gasteiger partial charge in [-0.1, -0.05) is 42.8 Å². The predicted molar refractivity (Wildman–Crippen MR) is 122 cm³/mol. The van der Waals surface area contributed by atoms with Gasteiger partial charge in [-0.15, -0.1) is 0 Å². The van der Waals surface area contributed by atoms with Crippen molar-refractivity contribution in [1.82, 2.24) is 14.8 Å². The molecule has 0 unspecified atom stereocenters. The van der Waals surface area contributed by atoms with Crippen molar-refractivity contribution in [3.63, 3.8) is 0 Å². The lowest BCUT2D eigenvalue weighted by Gasteiger charge is -2.14. The molecule has 1 N–H and O–H groups in total. The van der Waals surface area contributed by atoms with Crippen LogP contribution < -0.4 is 5.32 Å². The third-order valence-electron chi connectivity index (χ3n) is 5.44. The zero-order valence-corrected chi connectivity index (χ0v) is 18.1. The normalized spacial score (nSPS) is 11.1. The molecule has 4 aromatic rings. The van der Waals surface area contributed by atoms with Gasteiger partial charge in [-0.3, -0.25) is 4.79 Å². The molecule has 2 aromatic heterocycles. The largest absolute Gasteiger partial charge is 0.321 e. The number of hydrogen-bond donors (Lipinski definition) is 1. The van der Waals surface area contributed by atoms with Crippen LogP contribution in [0.5, 0.6) is 0 Å². The Morgan fingerprint density at radius 1 is 1.03 bits per heavy atom. The Morgan fingerprint density at radius 3 is 2.47 bits per heavy atom. The Hall–Kier alpha value is -3.47. The Labute approximate surface area is 176 Å². The van der Waals surface area contributed by atoms with Crippen molar-refractivity contribution in [1.29, 1.82) is 0 Å². The van der Waals surface area contributed by atoms with Gasteiger partial charge in [-0.05, 0) is 63.4 Å². The number of aromatic nitrogens is 3. The molecule has 30 heavy (non-hydrogen) atoms. The summed E-state index contributed by atoms with van der Waals surface area (Å²) in [5.41, 5.74) is 8.02. The number of rotatable bonds is 4. The van der Waals surface area contributed by atoms with Crippen molar-refractivity contribution in [3.8, 4) is 5.69 Å². The third-order valence-corrected chi connectivity index (χ3v) is 5.44. The lowest BCUT2D eigenvalue weighted by atomic mass is 10.0. The van der Waals surface area contributed by atoms with Gasteiger partial charge in [0, 0.05) is 11.4 Å². The number of carbonyl (C=O) groups is 1. The highest BCUT2D eigenvalue weighted by Crippen LogP contribution is 2.27. The lowest BCUT2D eigenvalue weighted by Crippen LogP contribution is -2.15. The monoisotopic (exact) mass is 398 g/mol. The van der Waals surface area contributed by atoms with Crippen LogP contribution >= 0.6 is 0 Å². The first-order chi connectivity index (χ1) is 14.4. The minimum atomic E-state index is -0.138. The molecule has 1 amide bonds. The van der Waals surface area contributed by atoms with Gasteiger partial charge in [0.15, 0.2) is 5.65 Å². The second-order valence-corrected chi connectivity index (χ2v) is 7.76. The fraction of sp³-hybridized carbons (Fsp3) is 0.240. The molecule has 0 bridgehead atoms. The Kier molecular flexibility index (Phi) is 5.12. The number of aryl methyl sites for hydroxylation is 5. The summed E-state index contributed by atoms with van der Waals surface area (Å²) in [6.45, 7) is 9.99. The summed E-state index contributed by atoms with van der Waals surface area (Å²) in [5.74, 6) is -0.138. The van der Waals surface area contributed by atoms with E-state index in [9.17, 15) is 4.79 Å². The van der Waals surface area contributed by atoms with Crippen LogP contribution in [0.3, 0.4) is 0 Å². The average Bonchev–Trinajstić information content (AvgIpc) is 3.05. The van der Waals surface area contributed by atoms with E-state index in [2.05, 4.69) is 25.2 Å². The Morgan fingerprint density at radius 2 is 1.77 bits per heavy atom. The predicted octanol–water partition coefficient (Wildman–Crippen LogP) is 5.47. The summed E-state index contributed by atoms with van der Waals surface area (Å²) in [7, 11) is 0. The number of carbonyl (C=O) groups excluding carboxylic acids is 1. The number of benzene rings is 2. The van der Waals surface area contributed by atoms with Gasteiger partial charge in [0.25, 0.3) is 5.91 Å². The SMILES string of the molecule is CCc1cccc(C)c1NC(=O)c1cc(C)nc2c1c(C)nn2-c1ccc(C)cc1. The van der Waals surface area contributed by atoms with Gasteiger partial charge in [-0.2, -0.15) is 5.10 Å². The average molecular weight is 399 g/mol. The lowest BCUT2D eigenvalue weighted by molar-refractivity contribution is 0.102. The number of hydrogen-bond acceptors (Lipinski definition) is 3. The molecule has 0 aliphatic rings. The standard InChI is InChI=1S/C25H26N4O/c1-6-19-9-7-8-16(3)23(19)27-25(30)21-14-17(4)26-24-22(21)18(5)28-29(24)20-12-10-15(2)11-13-20/h7-14H,6H2,1-5H3,(H,27,30). The number of fused-ring (bicyclic) bond motifs is 1. The molecular weight excluding hydrogens is 372 g/mol. The summed E-state index contributed by atoms with van der Waals surface area (Å²) in [4.78, 5) is 18.1. The van der Waals surface area contributed by atoms with E-state index in [4.69, 9.17) is 10.1 Å². The molecular formula is C25H26N4O. The van der Waals surface area contributed by atoms with E-state index in [1.807, 2.05) is 67.9 Å². The minimum absolute atomic E-state index is 0.138. The van der Waals surface area contributed by atoms with E-state index in [1.165, 1.54) is 5.56 Å². The molecule has 0 fully saturated rings. The molecule has 0 radical (unpaired) electrons. The summed E-state index contributed by atoms with van der Waals surface area (Å²) >= 11 is 0. The highest BCUT2D eigenvalue weighted by atomic mass is 16.1. The molecule has 5 nitrogen and oxygen atoms in total. The van der Waals surface area contributed by atoms with Crippen LogP contribution in [0.2, 0.25) is 0 Å². The maximum Gasteiger partial charge on any atom is 0.256 e. The first-order valence-electron chi connectivity index (χ1n) is 10.2. The summed E-state index contributed by atoms with van der Waals surface area (Å²) in [6.07, 6.45) is 0.854. The van der Waals surface area contributed by atoms with Crippen molar-refractivity contribution in [2.24, 2.45) is 0 Å². The summed E-state index contributed by atoms with van der Waals surface area (Å²) in [6, 6.07) is 16.1. The van der Waals surface area contributed by atoms with Gasteiger partial charge in [0.1, 0.15) is 0 Å². The first-order valence-corrected chi connectivity index (χ1v) is 10.2. The van der Waals surface area contributed by atoms with E-state index < -0.39 is 0 Å². The van der Waals surface area contributed by atoms with Crippen molar-refractivity contribution >= 4 is 22.6 Å². The third kappa shape index (κ3) is 3.47. The molecule has 4 rings (SSSR count). The number of nitrogens with zero attached hydrogens (tertiary/aromatic N) is 3. The maximum atomic E-state index is 13.4. The maximum absolute atomic E-state index is 13.4. The van der Waals surface area contributed by atoms with Crippen LogP contribution in [0.1, 0.15) is 45.4 Å². The quantitative estimate of drug-likeness (QED) is 0.496. The highest BCUT2D eigenvalue weighted by molar-refractivity contribution is 6.13. The zero-order chi connectivity index (χ0) is 21.4. The van der Waals surface area contributed by atoms with Gasteiger partial charge >= 0.3 is 0 Å². The smallest absolute Gasteiger partial charge is 0.256 e. The number of anilines is 1. The van der Waals surface area contributed by atoms with Crippen molar-refractivity contribution in [2.45, 2.75) is 41.0 Å². The van der Waals surface area contributed by atoms with Crippen LogP contribution in [0.15, 0.2) is 48.5 Å². The van der Waals surface area contributed by atoms with Crippen molar-refractivity contribution in [2.75, 3.05) is 5.32 Å². The van der Waals surface area contributed by atoms with Crippen LogP contribution in [0, 0.1) is 27.7 Å². The topological polar surface area (TPSA) is 59.8 Å². The summed E-state index contributed by atoms with van der Waals surface area (Å²) < 4.78 is 1.82. The second-order valence-electron chi connectivity index (χ2n) is 7.76. The zero-order valence-electron chi connectivity index (χ0n) is 18.1. The number of amides is 1. The molecule has 0 saturated carbocycles. The van der Waals surface area contributed by atoms with Gasteiger partial charge in [0.2, 0.25) is 0 Å². The molecule has 0 atom stereocenters. The minimum Gasteiger partial charge on any atom is -0.321 e. The van der Waals surface area contributed by atoms with Crippen molar-refractivity contribution < 1.29 is 4.79 Å². The van der Waals surface area contributed by atoms with E-state index in [-0.39, 0.29) is 5.91 Å². The number of para-hydroxylation sites is 1. The molecule has 0 aliphatic carbocycles. The Balaban J connectivity index is 1.84. The number of pyridine rings is 1. The summed E-state index contributed by atoms with van der Waals surface area (Å²) in [5, 5.41) is 8.63. The Bertz CT molecular complexity index is 1250.